The maximum atomic E-state index is 11.6. The molecule has 1 aliphatic rings. The summed E-state index contributed by atoms with van der Waals surface area (Å²) >= 11 is 0. The van der Waals surface area contributed by atoms with Crippen molar-refractivity contribution in [1.82, 2.24) is 0 Å². The number of carbonyl (C=O) groups is 1. The molecule has 4 nitrogen and oxygen atoms in total. The molecule has 0 unspecified atom stereocenters. The quantitative estimate of drug-likeness (QED) is 0.890. The molecule has 0 atom stereocenters. The molecule has 0 aliphatic heterocycles. The third kappa shape index (κ3) is 2.85. The molecule has 5 heteroatoms. The number of hydrogen-bond donors (Lipinski definition) is 1. The lowest BCUT2D eigenvalue weighted by atomic mass is 10.3. The van der Waals surface area contributed by atoms with Crippen LogP contribution in [-0.2, 0) is 14.6 Å². The summed E-state index contributed by atoms with van der Waals surface area (Å²) in [6.45, 7) is 1.61. The molecular weight excluding hydrogens is 238 g/mol. The van der Waals surface area contributed by atoms with Crippen LogP contribution in [0.5, 0.6) is 0 Å². The molecule has 0 bridgehead atoms. The fourth-order valence-corrected chi connectivity index (χ4v) is 2.39. The second kappa shape index (κ2) is 4.49. The van der Waals surface area contributed by atoms with E-state index in [-0.39, 0.29) is 17.6 Å². The molecule has 0 radical (unpaired) electrons. The number of amides is 1. The van der Waals surface area contributed by atoms with Crippen molar-refractivity contribution in [1.29, 1.82) is 0 Å². The first-order chi connectivity index (χ1) is 8.03. The molecule has 1 aromatic carbocycles. The number of benzene rings is 1. The monoisotopic (exact) mass is 253 g/mol. The zero-order valence-electron chi connectivity index (χ0n) is 9.64. The summed E-state index contributed by atoms with van der Waals surface area (Å²) < 4.78 is 23.1. The first-order valence-electron chi connectivity index (χ1n) is 5.66. The molecule has 2 rings (SSSR count). The van der Waals surface area contributed by atoms with Crippen molar-refractivity contribution < 1.29 is 13.2 Å². The highest BCUT2D eigenvalue weighted by atomic mass is 32.2. The maximum Gasteiger partial charge on any atom is 0.227 e. The van der Waals surface area contributed by atoms with Gasteiger partial charge in [-0.2, -0.15) is 0 Å². The van der Waals surface area contributed by atoms with Crippen LogP contribution in [0.2, 0.25) is 0 Å². The van der Waals surface area contributed by atoms with E-state index in [0.717, 1.165) is 12.8 Å². The Hall–Kier alpha value is -1.36. The van der Waals surface area contributed by atoms with Gasteiger partial charge in [-0.1, -0.05) is 6.92 Å². The van der Waals surface area contributed by atoms with Crippen molar-refractivity contribution in [2.24, 2.45) is 5.92 Å². The summed E-state index contributed by atoms with van der Waals surface area (Å²) in [5.74, 6) is 0.256. The molecule has 17 heavy (non-hydrogen) atoms. The fourth-order valence-electron chi connectivity index (χ4n) is 1.50. The molecule has 1 N–H and O–H groups in total. The second-order valence-electron chi connectivity index (χ2n) is 4.19. The molecule has 1 saturated carbocycles. The van der Waals surface area contributed by atoms with Crippen molar-refractivity contribution >= 4 is 21.4 Å². The van der Waals surface area contributed by atoms with Crippen molar-refractivity contribution in [3.63, 3.8) is 0 Å². The largest absolute Gasteiger partial charge is 0.326 e. The standard InChI is InChI=1S/C12H15NO3S/c1-2-17(15,16)11-7-5-10(6-8-11)13-12(14)9-3-4-9/h5-9H,2-4H2,1H3,(H,13,14). The van der Waals surface area contributed by atoms with E-state index < -0.39 is 9.84 Å². The Labute approximate surface area is 101 Å². The Kier molecular flexibility index (Phi) is 3.19. The van der Waals surface area contributed by atoms with Crippen molar-refractivity contribution in [3.8, 4) is 0 Å². The summed E-state index contributed by atoms with van der Waals surface area (Å²) in [7, 11) is -3.16. The second-order valence-corrected chi connectivity index (χ2v) is 6.47. The van der Waals surface area contributed by atoms with Crippen LogP contribution in [0.25, 0.3) is 0 Å². The van der Waals surface area contributed by atoms with Gasteiger partial charge in [0.05, 0.1) is 10.6 Å². The third-order valence-electron chi connectivity index (χ3n) is 2.81. The van der Waals surface area contributed by atoms with Gasteiger partial charge in [-0.05, 0) is 37.1 Å². The minimum absolute atomic E-state index is 0.0242. The lowest BCUT2D eigenvalue weighted by Gasteiger charge is -2.05. The number of carbonyl (C=O) groups excluding carboxylic acids is 1. The maximum absolute atomic E-state index is 11.6. The molecule has 92 valence electrons. The average molecular weight is 253 g/mol. The van der Waals surface area contributed by atoms with E-state index in [9.17, 15) is 13.2 Å². The number of nitrogens with one attached hydrogen (secondary N) is 1. The molecule has 0 spiro atoms. The SMILES string of the molecule is CCS(=O)(=O)c1ccc(NC(=O)C2CC2)cc1. The number of hydrogen-bond acceptors (Lipinski definition) is 3. The van der Waals surface area contributed by atoms with Crippen molar-refractivity contribution in [2.45, 2.75) is 24.7 Å². The van der Waals surface area contributed by atoms with Crippen LogP contribution in [0.4, 0.5) is 5.69 Å². The molecule has 1 fully saturated rings. The normalized spacial score (nSPS) is 15.6. The van der Waals surface area contributed by atoms with Crippen molar-refractivity contribution in [3.05, 3.63) is 24.3 Å². The van der Waals surface area contributed by atoms with Crippen LogP contribution in [0, 0.1) is 5.92 Å². The Morgan fingerprint density at radius 3 is 2.35 bits per heavy atom. The minimum atomic E-state index is -3.16. The Morgan fingerprint density at radius 2 is 1.88 bits per heavy atom. The molecule has 0 heterocycles. The van der Waals surface area contributed by atoms with E-state index in [4.69, 9.17) is 0 Å². The Bertz CT molecular complexity index is 515. The van der Waals surface area contributed by atoms with Gasteiger partial charge in [-0.3, -0.25) is 4.79 Å². The molecular formula is C12H15NO3S. The summed E-state index contributed by atoms with van der Waals surface area (Å²) in [6.07, 6.45) is 1.91. The van der Waals surface area contributed by atoms with Gasteiger partial charge in [-0.25, -0.2) is 8.42 Å². The van der Waals surface area contributed by atoms with Crippen molar-refractivity contribution in [2.75, 3.05) is 11.1 Å². The molecule has 1 aromatic rings. The van der Waals surface area contributed by atoms with Gasteiger partial charge in [0, 0.05) is 11.6 Å². The smallest absolute Gasteiger partial charge is 0.227 e. The van der Waals surface area contributed by atoms with E-state index in [1.165, 1.54) is 12.1 Å². The van der Waals surface area contributed by atoms with Crippen LogP contribution in [0.3, 0.4) is 0 Å². The fraction of sp³-hybridized carbons (Fsp3) is 0.417. The molecule has 0 saturated heterocycles. The topological polar surface area (TPSA) is 63.2 Å². The number of rotatable bonds is 4. The van der Waals surface area contributed by atoms with Crippen LogP contribution < -0.4 is 5.32 Å². The summed E-state index contributed by atoms with van der Waals surface area (Å²) in [5, 5.41) is 2.77. The van der Waals surface area contributed by atoms with E-state index in [1.807, 2.05) is 0 Å². The molecule has 0 aromatic heterocycles. The first-order valence-corrected chi connectivity index (χ1v) is 7.32. The van der Waals surface area contributed by atoms with E-state index in [1.54, 1.807) is 19.1 Å². The summed E-state index contributed by atoms with van der Waals surface area (Å²) in [5.41, 5.74) is 0.650. The highest BCUT2D eigenvalue weighted by Crippen LogP contribution is 2.30. The highest BCUT2D eigenvalue weighted by Gasteiger charge is 2.29. The van der Waals surface area contributed by atoms with Gasteiger partial charge in [0.25, 0.3) is 0 Å². The van der Waals surface area contributed by atoms with E-state index in [0.29, 0.717) is 10.6 Å². The van der Waals surface area contributed by atoms with Crippen LogP contribution >= 0.6 is 0 Å². The van der Waals surface area contributed by atoms with Gasteiger partial charge < -0.3 is 5.32 Å². The third-order valence-corrected chi connectivity index (χ3v) is 4.56. The van der Waals surface area contributed by atoms with Crippen LogP contribution in [-0.4, -0.2) is 20.1 Å². The highest BCUT2D eigenvalue weighted by molar-refractivity contribution is 7.91. The average Bonchev–Trinajstić information content (AvgIpc) is 3.13. The lowest BCUT2D eigenvalue weighted by molar-refractivity contribution is -0.117. The van der Waals surface area contributed by atoms with Crippen LogP contribution in [0.1, 0.15) is 19.8 Å². The van der Waals surface area contributed by atoms with Gasteiger partial charge in [-0.15, -0.1) is 0 Å². The van der Waals surface area contributed by atoms with Gasteiger partial charge in [0.1, 0.15) is 0 Å². The zero-order chi connectivity index (χ0) is 12.5. The number of sulfone groups is 1. The predicted octanol–water partition coefficient (Wildman–Crippen LogP) is 1.83. The lowest BCUT2D eigenvalue weighted by Crippen LogP contribution is -2.13. The first kappa shape index (κ1) is 12.1. The molecule has 1 amide bonds. The summed E-state index contributed by atoms with van der Waals surface area (Å²) in [4.78, 5) is 11.8. The number of anilines is 1. The van der Waals surface area contributed by atoms with E-state index >= 15 is 0 Å². The Morgan fingerprint density at radius 1 is 1.29 bits per heavy atom. The van der Waals surface area contributed by atoms with Gasteiger partial charge in [0.15, 0.2) is 9.84 Å². The van der Waals surface area contributed by atoms with Gasteiger partial charge >= 0.3 is 0 Å². The molecule has 1 aliphatic carbocycles. The Balaban J connectivity index is 2.10. The minimum Gasteiger partial charge on any atom is -0.326 e. The van der Waals surface area contributed by atoms with Crippen LogP contribution in [0.15, 0.2) is 29.2 Å². The zero-order valence-corrected chi connectivity index (χ0v) is 10.5. The van der Waals surface area contributed by atoms with Gasteiger partial charge in [0.2, 0.25) is 5.91 Å². The van der Waals surface area contributed by atoms with E-state index in [2.05, 4.69) is 5.32 Å². The summed E-state index contributed by atoms with van der Waals surface area (Å²) in [6, 6.07) is 6.31. The predicted molar refractivity (Wildman–Crippen MR) is 65.5 cm³/mol.